The summed E-state index contributed by atoms with van der Waals surface area (Å²) >= 11 is 3.41. The van der Waals surface area contributed by atoms with Crippen molar-refractivity contribution in [3.8, 4) is 0 Å². The first-order valence-electron chi connectivity index (χ1n) is 5.98. The molecule has 0 aliphatic carbocycles. The molecule has 0 heterocycles. The molecular weight excluding hydrogens is 270 g/mol. The number of hydrogen-bond donors (Lipinski definition) is 1. The van der Waals surface area contributed by atoms with Gasteiger partial charge < -0.3 is 10.1 Å². The van der Waals surface area contributed by atoms with Gasteiger partial charge in [-0.05, 0) is 33.6 Å². The Balaban J connectivity index is 3.28. The zero-order valence-corrected chi connectivity index (χ0v) is 12.2. The maximum Gasteiger partial charge on any atom is 0.407 e. The van der Waals surface area contributed by atoms with Crippen molar-refractivity contribution >= 4 is 22.0 Å². The lowest BCUT2D eigenvalue weighted by atomic mass is 10.1. The zero-order chi connectivity index (χ0) is 12.4. The predicted octanol–water partition coefficient (Wildman–Crippen LogP) is 3.86. The number of carbonyl (C=O) groups is 1. The van der Waals surface area contributed by atoms with E-state index in [1.165, 1.54) is 25.7 Å². The van der Waals surface area contributed by atoms with Crippen LogP contribution < -0.4 is 5.32 Å². The molecule has 96 valence electrons. The lowest BCUT2D eigenvalue weighted by Gasteiger charge is -2.19. The third-order valence-electron chi connectivity index (χ3n) is 1.98. The average Bonchev–Trinajstić information content (AvgIpc) is 2.13. The number of rotatable bonds is 7. The topological polar surface area (TPSA) is 38.3 Å². The number of carbonyl (C=O) groups excluding carboxylic acids is 1. The van der Waals surface area contributed by atoms with Crippen molar-refractivity contribution in [1.29, 1.82) is 0 Å². The van der Waals surface area contributed by atoms with E-state index in [2.05, 4.69) is 21.2 Å². The molecule has 4 heteroatoms. The molecule has 1 amide bonds. The summed E-state index contributed by atoms with van der Waals surface area (Å²) in [6.07, 6.45) is 5.62. The van der Waals surface area contributed by atoms with Crippen molar-refractivity contribution in [2.75, 3.05) is 11.9 Å². The minimum atomic E-state index is -0.403. The average molecular weight is 294 g/mol. The van der Waals surface area contributed by atoms with Crippen LogP contribution in [0.25, 0.3) is 0 Å². The third kappa shape index (κ3) is 11.8. The number of alkyl halides is 1. The van der Waals surface area contributed by atoms with Crippen LogP contribution in [0.1, 0.15) is 52.9 Å². The third-order valence-corrected chi connectivity index (χ3v) is 2.54. The predicted molar refractivity (Wildman–Crippen MR) is 71.1 cm³/mol. The molecule has 0 atom stereocenters. The highest BCUT2D eigenvalue weighted by Gasteiger charge is 2.15. The summed E-state index contributed by atoms with van der Waals surface area (Å²) in [6.45, 7) is 6.32. The van der Waals surface area contributed by atoms with Crippen LogP contribution in [0.3, 0.4) is 0 Å². The van der Waals surface area contributed by atoms with E-state index in [9.17, 15) is 4.79 Å². The van der Waals surface area contributed by atoms with E-state index in [-0.39, 0.29) is 6.09 Å². The van der Waals surface area contributed by atoms with E-state index in [1.54, 1.807) is 0 Å². The minimum absolute atomic E-state index is 0.312. The van der Waals surface area contributed by atoms with Gasteiger partial charge in [-0.1, -0.05) is 35.2 Å². The Morgan fingerprint density at radius 2 is 1.69 bits per heavy atom. The molecule has 0 aromatic rings. The van der Waals surface area contributed by atoms with E-state index in [4.69, 9.17) is 4.74 Å². The molecule has 0 radical (unpaired) electrons. The van der Waals surface area contributed by atoms with Crippen LogP contribution in [-0.4, -0.2) is 23.6 Å². The second-order valence-electron chi connectivity index (χ2n) is 4.89. The monoisotopic (exact) mass is 293 g/mol. The van der Waals surface area contributed by atoms with E-state index >= 15 is 0 Å². The van der Waals surface area contributed by atoms with Gasteiger partial charge in [0.2, 0.25) is 0 Å². The standard InChI is InChI=1S/C12H24BrNO2/c1-12(2,3)16-11(15)14-10-8-6-4-5-7-9-13/h4-10H2,1-3H3,(H,14,15). The van der Waals surface area contributed by atoms with Crippen molar-refractivity contribution in [2.24, 2.45) is 0 Å². The zero-order valence-electron chi connectivity index (χ0n) is 10.6. The smallest absolute Gasteiger partial charge is 0.407 e. The summed E-state index contributed by atoms with van der Waals surface area (Å²) in [5.41, 5.74) is -0.403. The normalized spacial score (nSPS) is 11.2. The fourth-order valence-corrected chi connectivity index (χ4v) is 1.65. The second-order valence-corrected chi connectivity index (χ2v) is 5.68. The molecule has 0 aliphatic heterocycles. The van der Waals surface area contributed by atoms with Crippen molar-refractivity contribution in [3.05, 3.63) is 0 Å². The van der Waals surface area contributed by atoms with E-state index in [1.807, 2.05) is 20.8 Å². The molecular formula is C12H24BrNO2. The van der Waals surface area contributed by atoms with Crippen LogP contribution in [0, 0.1) is 0 Å². The first kappa shape index (κ1) is 15.8. The highest BCUT2D eigenvalue weighted by molar-refractivity contribution is 9.09. The van der Waals surface area contributed by atoms with Gasteiger partial charge in [0, 0.05) is 11.9 Å². The maximum atomic E-state index is 11.3. The number of nitrogens with one attached hydrogen (secondary N) is 1. The summed E-state index contributed by atoms with van der Waals surface area (Å²) in [5.74, 6) is 0. The molecule has 0 fully saturated rings. The van der Waals surface area contributed by atoms with Gasteiger partial charge in [0.05, 0.1) is 0 Å². The van der Waals surface area contributed by atoms with Crippen LogP contribution in [0.15, 0.2) is 0 Å². The fourth-order valence-electron chi connectivity index (χ4n) is 1.25. The maximum absolute atomic E-state index is 11.3. The summed E-state index contributed by atoms with van der Waals surface area (Å²) < 4.78 is 5.13. The first-order valence-corrected chi connectivity index (χ1v) is 7.10. The molecule has 0 unspecified atom stereocenters. The number of amides is 1. The van der Waals surface area contributed by atoms with Gasteiger partial charge in [-0.15, -0.1) is 0 Å². The lowest BCUT2D eigenvalue weighted by molar-refractivity contribution is 0.0527. The quantitative estimate of drug-likeness (QED) is 0.572. The van der Waals surface area contributed by atoms with E-state index < -0.39 is 5.60 Å². The largest absolute Gasteiger partial charge is 0.444 e. The Bertz CT molecular complexity index is 190. The highest BCUT2D eigenvalue weighted by Crippen LogP contribution is 2.07. The molecule has 0 saturated carbocycles. The minimum Gasteiger partial charge on any atom is -0.444 e. The van der Waals surface area contributed by atoms with Gasteiger partial charge in [-0.25, -0.2) is 4.79 Å². The highest BCUT2D eigenvalue weighted by atomic mass is 79.9. The van der Waals surface area contributed by atoms with Gasteiger partial charge in [0.15, 0.2) is 0 Å². The summed E-state index contributed by atoms with van der Waals surface area (Å²) in [4.78, 5) is 11.3. The van der Waals surface area contributed by atoms with Gasteiger partial charge in [-0.3, -0.25) is 0 Å². The molecule has 0 spiro atoms. The Hall–Kier alpha value is -0.250. The van der Waals surface area contributed by atoms with Crippen LogP contribution in [0.2, 0.25) is 0 Å². The van der Waals surface area contributed by atoms with Crippen molar-refractivity contribution < 1.29 is 9.53 Å². The molecule has 3 nitrogen and oxygen atoms in total. The molecule has 0 saturated heterocycles. The summed E-state index contributed by atoms with van der Waals surface area (Å²) in [6, 6.07) is 0. The van der Waals surface area contributed by atoms with Crippen molar-refractivity contribution in [1.82, 2.24) is 5.32 Å². The van der Waals surface area contributed by atoms with E-state index in [0.717, 1.165) is 11.8 Å². The van der Waals surface area contributed by atoms with Crippen LogP contribution in [-0.2, 0) is 4.74 Å². The van der Waals surface area contributed by atoms with Gasteiger partial charge in [0.25, 0.3) is 0 Å². The van der Waals surface area contributed by atoms with Crippen LogP contribution in [0.5, 0.6) is 0 Å². The van der Waals surface area contributed by atoms with Crippen molar-refractivity contribution in [2.45, 2.75) is 58.5 Å². The number of alkyl carbamates (subject to hydrolysis) is 1. The first-order chi connectivity index (χ1) is 7.45. The summed E-state index contributed by atoms with van der Waals surface area (Å²) in [5, 5.41) is 3.85. The Morgan fingerprint density at radius 3 is 2.25 bits per heavy atom. The Labute approximate surface area is 107 Å². The van der Waals surface area contributed by atoms with Crippen LogP contribution >= 0.6 is 15.9 Å². The molecule has 1 N–H and O–H groups in total. The van der Waals surface area contributed by atoms with Gasteiger partial charge >= 0.3 is 6.09 Å². The van der Waals surface area contributed by atoms with Gasteiger partial charge in [-0.2, -0.15) is 0 Å². The Morgan fingerprint density at radius 1 is 1.12 bits per heavy atom. The second kappa shape index (κ2) is 8.85. The number of ether oxygens (including phenoxy) is 1. The molecule has 0 rings (SSSR count). The number of unbranched alkanes of at least 4 members (excludes halogenated alkanes) is 4. The molecule has 0 bridgehead atoms. The fraction of sp³-hybridized carbons (Fsp3) is 0.917. The molecule has 0 aromatic carbocycles. The number of halogens is 1. The van der Waals surface area contributed by atoms with Gasteiger partial charge in [0.1, 0.15) is 5.60 Å². The number of hydrogen-bond acceptors (Lipinski definition) is 2. The Kier molecular flexibility index (Phi) is 8.71. The molecule has 0 aromatic heterocycles. The molecule has 0 aliphatic rings. The van der Waals surface area contributed by atoms with E-state index in [0.29, 0.717) is 6.54 Å². The SMILES string of the molecule is CC(C)(C)OC(=O)NCCCCCCCBr. The van der Waals surface area contributed by atoms with Crippen LogP contribution in [0.4, 0.5) is 4.79 Å². The lowest BCUT2D eigenvalue weighted by Crippen LogP contribution is -2.32. The van der Waals surface area contributed by atoms with Crippen molar-refractivity contribution in [3.63, 3.8) is 0 Å². The summed E-state index contributed by atoms with van der Waals surface area (Å²) in [7, 11) is 0. The molecule has 16 heavy (non-hydrogen) atoms.